The number of rotatable bonds is 4. The molecule has 0 unspecified atom stereocenters. The predicted octanol–water partition coefficient (Wildman–Crippen LogP) is 1.72. The molecule has 0 amide bonds. The number of nitrogens with two attached hydrogens (primary N) is 2. The Bertz CT molecular complexity index is 329. The first kappa shape index (κ1) is 14.5. The van der Waals surface area contributed by atoms with E-state index in [-0.39, 0.29) is 29.9 Å². The van der Waals surface area contributed by atoms with E-state index in [1.807, 2.05) is 24.3 Å². The lowest BCUT2D eigenvalue weighted by Gasteiger charge is -2.04. The first-order valence-electron chi connectivity index (χ1n) is 4.12. The number of ether oxygens (including phenoxy) is 1. The Morgan fingerprint density at radius 1 is 1.40 bits per heavy atom. The van der Waals surface area contributed by atoms with Crippen LogP contribution in [0.2, 0.25) is 0 Å². The first-order chi connectivity index (χ1) is 6.68. The molecule has 0 aliphatic carbocycles. The van der Waals surface area contributed by atoms with E-state index in [0.717, 1.165) is 10.2 Å². The van der Waals surface area contributed by atoms with Crippen LogP contribution in [-0.4, -0.2) is 19.1 Å². The third kappa shape index (κ3) is 6.56. The second kappa shape index (κ2) is 7.75. The fraction of sp³-hybridized carbons (Fsp3) is 0.222. The maximum Gasteiger partial charge on any atom is 0.186 e. The van der Waals surface area contributed by atoms with E-state index in [1.54, 1.807) is 0 Å². The van der Waals surface area contributed by atoms with Crippen LogP contribution in [0.15, 0.2) is 33.7 Å². The molecule has 1 aromatic rings. The molecule has 0 aromatic heterocycles. The lowest BCUT2D eigenvalue weighted by atomic mass is 10.3. The van der Waals surface area contributed by atoms with Gasteiger partial charge in [0.15, 0.2) is 5.96 Å². The van der Waals surface area contributed by atoms with Gasteiger partial charge in [-0.15, -0.1) is 24.0 Å². The van der Waals surface area contributed by atoms with Crippen LogP contribution in [0.4, 0.5) is 0 Å². The second-order valence-corrected chi connectivity index (χ2v) is 3.53. The van der Waals surface area contributed by atoms with Crippen molar-refractivity contribution in [3.05, 3.63) is 28.7 Å². The van der Waals surface area contributed by atoms with Gasteiger partial charge in [0.25, 0.3) is 0 Å². The Hall–Kier alpha value is -0.500. The molecule has 0 spiro atoms. The highest BCUT2D eigenvalue weighted by atomic mass is 127. The summed E-state index contributed by atoms with van der Waals surface area (Å²) < 4.78 is 6.37. The summed E-state index contributed by atoms with van der Waals surface area (Å²) >= 11 is 3.35. The smallest absolute Gasteiger partial charge is 0.186 e. The summed E-state index contributed by atoms with van der Waals surface area (Å²) in [6.45, 7) is 0.934. The summed E-state index contributed by atoms with van der Waals surface area (Å²) in [6, 6.07) is 7.60. The number of benzene rings is 1. The fourth-order valence-electron chi connectivity index (χ4n) is 0.895. The first-order valence-corrected chi connectivity index (χ1v) is 4.91. The molecule has 1 aromatic carbocycles. The van der Waals surface area contributed by atoms with Gasteiger partial charge in [-0.05, 0) is 18.2 Å². The molecule has 0 bridgehead atoms. The molecule has 0 saturated carbocycles. The molecule has 4 nitrogen and oxygen atoms in total. The normalized spacial score (nSPS) is 8.87. The highest BCUT2D eigenvalue weighted by Crippen LogP contribution is 2.17. The molecule has 6 heteroatoms. The topological polar surface area (TPSA) is 73.6 Å². The average molecular weight is 386 g/mol. The number of hydrogen-bond donors (Lipinski definition) is 2. The predicted molar refractivity (Wildman–Crippen MR) is 75.7 cm³/mol. The van der Waals surface area contributed by atoms with Crippen molar-refractivity contribution in [3.63, 3.8) is 0 Å². The van der Waals surface area contributed by atoms with E-state index in [2.05, 4.69) is 20.9 Å². The van der Waals surface area contributed by atoms with E-state index in [4.69, 9.17) is 16.2 Å². The minimum Gasteiger partial charge on any atom is -0.492 e. The molecule has 0 saturated heterocycles. The number of guanidine groups is 1. The van der Waals surface area contributed by atoms with Crippen LogP contribution in [0, 0.1) is 0 Å². The summed E-state index contributed by atoms with van der Waals surface area (Å²) in [5.41, 5.74) is 10.3. The van der Waals surface area contributed by atoms with Crippen LogP contribution in [0.1, 0.15) is 0 Å². The molecule has 0 radical (unpaired) electrons. The maximum atomic E-state index is 5.39. The summed E-state index contributed by atoms with van der Waals surface area (Å²) in [5.74, 6) is 0.882. The van der Waals surface area contributed by atoms with E-state index in [9.17, 15) is 0 Å². The molecule has 15 heavy (non-hydrogen) atoms. The van der Waals surface area contributed by atoms with Crippen molar-refractivity contribution in [2.75, 3.05) is 13.2 Å². The van der Waals surface area contributed by atoms with Crippen LogP contribution >= 0.6 is 39.9 Å². The quantitative estimate of drug-likeness (QED) is 0.358. The van der Waals surface area contributed by atoms with Crippen LogP contribution in [-0.2, 0) is 0 Å². The Morgan fingerprint density at radius 3 is 2.73 bits per heavy atom. The van der Waals surface area contributed by atoms with Crippen molar-refractivity contribution in [2.24, 2.45) is 16.5 Å². The van der Waals surface area contributed by atoms with Gasteiger partial charge in [-0.3, -0.25) is 4.99 Å². The largest absolute Gasteiger partial charge is 0.492 e. The second-order valence-electron chi connectivity index (χ2n) is 2.61. The Balaban J connectivity index is 0.00000196. The number of aliphatic imine (C=N–C) groups is 1. The minimum absolute atomic E-state index is 0. The Kier molecular flexibility index (Phi) is 7.49. The van der Waals surface area contributed by atoms with Crippen LogP contribution in [0.25, 0.3) is 0 Å². The fourth-order valence-corrected chi connectivity index (χ4v) is 1.27. The van der Waals surface area contributed by atoms with Gasteiger partial charge in [0, 0.05) is 4.47 Å². The molecule has 4 N–H and O–H groups in total. The van der Waals surface area contributed by atoms with Gasteiger partial charge in [-0.2, -0.15) is 0 Å². The van der Waals surface area contributed by atoms with Gasteiger partial charge < -0.3 is 16.2 Å². The van der Waals surface area contributed by atoms with Crippen molar-refractivity contribution in [1.29, 1.82) is 0 Å². The summed E-state index contributed by atoms with van der Waals surface area (Å²) in [7, 11) is 0. The molecule has 0 fully saturated rings. The lowest BCUT2D eigenvalue weighted by molar-refractivity contribution is 0.328. The van der Waals surface area contributed by atoms with Crippen molar-refractivity contribution in [1.82, 2.24) is 0 Å². The van der Waals surface area contributed by atoms with Gasteiger partial charge >= 0.3 is 0 Å². The van der Waals surface area contributed by atoms with Crippen molar-refractivity contribution >= 4 is 45.9 Å². The monoisotopic (exact) mass is 385 g/mol. The molecule has 0 heterocycles. The van der Waals surface area contributed by atoms with Crippen molar-refractivity contribution in [2.45, 2.75) is 0 Å². The van der Waals surface area contributed by atoms with Crippen molar-refractivity contribution < 1.29 is 4.74 Å². The highest BCUT2D eigenvalue weighted by Gasteiger charge is 1.93. The molecule has 0 aliphatic heterocycles. The maximum absolute atomic E-state index is 5.39. The zero-order valence-electron chi connectivity index (χ0n) is 8.02. The molecule has 84 valence electrons. The Labute approximate surface area is 114 Å². The van der Waals surface area contributed by atoms with Gasteiger partial charge in [-0.1, -0.05) is 22.0 Å². The van der Waals surface area contributed by atoms with E-state index >= 15 is 0 Å². The van der Waals surface area contributed by atoms with Gasteiger partial charge in [0.2, 0.25) is 0 Å². The molecular formula is C9H13BrIN3O. The number of hydrogen-bond acceptors (Lipinski definition) is 2. The number of halogens is 2. The average Bonchev–Trinajstić information content (AvgIpc) is 2.12. The van der Waals surface area contributed by atoms with Crippen molar-refractivity contribution in [3.8, 4) is 5.75 Å². The molecular weight excluding hydrogens is 373 g/mol. The Morgan fingerprint density at radius 2 is 2.13 bits per heavy atom. The van der Waals surface area contributed by atoms with Gasteiger partial charge in [0.05, 0.1) is 6.54 Å². The lowest BCUT2D eigenvalue weighted by Crippen LogP contribution is -2.23. The van der Waals surface area contributed by atoms with Crippen LogP contribution in [0.3, 0.4) is 0 Å². The zero-order valence-corrected chi connectivity index (χ0v) is 11.9. The van der Waals surface area contributed by atoms with Crippen LogP contribution in [0.5, 0.6) is 5.75 Å². The molecule has 0 aliphatic rings. The molecule has 0 atom stereocenters. The van der Waals surface area contributed by atoms with Crippen LogP contribution < -0.4 is 16.2 Å². The van der Waals surface area contributed by atoms with Gasteiger partial charge in [-0.25, -0.2) is 0 Å². The van der Waals surface area contributed by atoms with E-state index in [1.165, 1.54) is 0 Å². The zero-order chi connectivity index (χ0) is 10.4. The standard InChI is InChI=1S/C9H12BrN3O.HI/c10-7-2-1-3-8(6-7)14-5-4-13-9(11)12;/h1-3,6H,4-5H2,(H4,11,12,13);1H. The summed E-state index contributed by atoms with van der Waals surface area (Å²) in [5, 5.41) is 0. The summed E-state index contributed by atoms with van der Waals surface area (Å²) in [6.07, 6.45) is 0. The summed E-state index contributed by atoms with van der Waals surface area (Å²) in [4.78, 5) is 3.80. The minimum atomic E-state index is 0. The van der Waals surface area contributed by atoms with E-state index in [0.29, 0.717) is 13.2 Å². The molecule has 1 rings (SSSR count). The SMILES string of the molecule is I.NC(N)=NCCOc1cccc(Br)c1. The third-order valence-electron chi connectivity index (χ3n) is 1.45. The van der Waals surface area contributed by atoms with E-state index < -0.39 is 0 Å². The third-order valence-corrected chi connectivity index (χ3v) is 1.94. The highest BCUT2D eigenvalue weighted by molar-refractivity contribution is 14.0. The number of nitrogens with zero attached hydrogens (tertiary/aromatic N) is 1. The van der Waals surface area contributed by atoms with Gasteiger partial charge in [0.1, 0.15) is 12.4 Å².